The van der Waals surface area contributed by atoms with Gasteiger partial charge in [-0.25, -0.2) is 4.79 Å². The molecule has 2 heterocycles. The Balaban J connectivity index is 1.73. The van der Waals surface area contributed by atoms with Crippen LogP contribution in [0, 0.1) is 6.92 Å². The maximum absolute atomic E-state index is 12.4. The maximum atomic E-state index is 12.4. The van der Waals surface area contributed by atoms with Crippen LogP contribution in [0.1, 0.15) is 32.0 Å². The highest BCUT2D eigenvalue weighted by Crippen LogP contribution is 2.33. The highest BCUT2D eigenvalue weighted by atomic mass is 16.4. The number of pyridine rings is 1. The number of carbonyl (C=O) groups is 2. The zero-order valence-electron chi connectivity index (χ0n) is 16.6. The number of nitrogens with one attached hydrogen (secondary N) is 1. The molecule has 7 nitrogen and oxygen atoms in total. The summed E-state index contributed by atoms with van der Waals surface area (Å²) in [5.41, 5.74) is 4.17. The number of aryl methyl sites for hydroxylation is 1. The molecular weight excluding hydrogens is 380 g/mol. The number of fused-ring (bicyclic) bond motifs is 1. The molecule has 2 N–H and O–H groups in total. The first-order valence-corrected chi connectivity index (χ1v) is 9.42. The van der Waals surface area contributed by atoms with Gasteiger partial charge in [0.05, 0.1) is 5.56 Å². The first kappa shape index (κ1) is 19.3. The molecule has 0 unspecified atom stereocenters. The quantitative estimate of drug-likeness (QED) is 0.534. The number of rotatable bonds is 5. The summed E-state index contributed by atoms with van der Waals surface area (Å²) >= 11 is 0. The third kappa shape index (κ3) is 3.41. The third-order valence-electron chi connectivity index (χ3n) is 5.26. The van der Waals surface area contributed by atoms with E-state index in [1.54, 1.807) is 43.8 Å². The minimum atomic E-state index is -0.949. The van der Waals surface area contributed by atoms with Crippen LogP contribution in [0.4, 0.5) is 0 Å². The van der Waals surface area contributed by atoms with Gasteiger partial charge in [-0.15, -0.1) is 0 Å². The number of hydrogen-bond donors (Lipinski definition) is 2. The van der Waals surface area contributed by atoms with E-state index in [4.69, 9.17) is 0 Å². The fourth-order valence-corrected chi connectivity index (χ4v) is 3.66. The summed E-state index contributed by atoms with van der Waals surface area (Å²) in [5, 5.41) is 18.3. The molecule has 4 rings (SSSR count). The molecule has 2 aromatic carbocycles. The Labute approximate surface area is 173 Å². The second kappa shape index (κ2) is 7.79. The highest BCUT2D eigenvalue weighted by molar-refractivity contribution is 6.01. The van der Waals surface area contributed by atoms with Gasteiger partial charge in [-0.1, -0.05) is 24.3 Å². The van der Waals surface area contributed by atoms with E-state index in [9.17, 15) is 14.7 Å². The van der Waals surface area contributed by atoms with Crippen molar-refractivity contribution in [3.8, 4) is 11.1 Å². The molecule has 30 heavy (non-hydrogen) atoms. The standard InChI is InChI=1S/C23H20N4O3/c1-14-16(4-3-5-17(14)23(29)30)18-7-6-15(20-13-24-10-8-19(18)20)12-25-22(28)21-9-11-26-27(21)2/h3-11,13H,12H2,1-2H3,(H,25,28)(H,29,30). The largest absolute Gasteiger partial charge is 0.478 e. The van der Waals surface area contributed by atoms with E-state index in [-0.39, 0.29) is 11.5 Å². The third-order valence-corrected chi connectivity index (χ3v) is 5.26. The topological polar surface area (TPSA) is 97.1 Å². The number of carbonyl (C=O) groups excluding carboxylic acids is 1. The zero-order valence-corrected chi connectivity index (χ0v) is 16.6. The molecule has 0 aliphatic rings. The van der Waals surface area contributed by atoms with E-state index in [1.165, 1.54) is 4.68 Å². The molecule has 2 aromatic heterocycles. The molecule has 0 aliphatic carbocycles. The molecule has 0 saturated carbocycles. The van der Waals surface area contributed by atoms with Crippen LogP contribution < -0.4 is 5.32 Å². The van der Waals surface area contributed by atoms with E-state index in [2.05, 4.69) is 15.4 Å². The molecule has 7 heteroatoms. The van der Waals surface area contributed by atoms with Crippen molar-refractivity contribution in [2.45, 2.75) is 13.5 Å². The average molecular weight is 400 g/mol. The van der Waals surface area contributed by atoms with Crippen LogP contribution in [-0.4, -0.2) is 31.7 Å². The predicted octanol–water partition coefficient (Wildman–Crippen LogP) is 3.57. The number of aromatic nitrogens is 3. The van der Waals surface area contributed by atoms with Crippen molar-refractivity contribution in [1.29, 1.82) is 0 Å². The molecule has 0 bridgehead atoms. The smallest absolute Gasteiger partial charge is 0.335 e. The van der Waals surface area contributed by atoms with Crippen LogP contribution in [-0.2, 0) is 13.6 Å². The lowest BCUT2D eigenvalue weighted by molar-refractivity contribution is 0.0696. The van der Waals surface area contributed by atoms with Crippen LogP contribution in [0.25, 0.3) is 21.9 Å². The summed E-state index contributed by atoms with van der Waals surface area (Å²) < 4.78 is 1.52. The van der Waals surface area contributed by atoms with Gasteiger partial charge >= 0.3 is 5.97 Å². The SMILES string of the molecule is Cc1c(C(=O)O)cccc1-c1ccc(CNC(=O)c2ccnn2C)c2cnccc12. The van der Waals surface area contributed by atoms with Crippen molar-refractivity contribution in [2.75, 3.05) is 0 Å². The Kier molecular flexibility index (Phi) is 5.02. The van der Waals surface area contributed by atoms with E-state index >= 15 is 0 Å². The normalized spacial score (nSPS) is 10.9. The second-order valence-corrected chi connectivity index (χ2v) is 7.00. The molecule has 0 atom stereocenters. The van der Waals surface area contributed by atoms with E-state index in [0.717, 1.165) is 27.5 Å². The van der Waals surface area contributed by atoms with Crippen molar-refractivity contribution < 1.29 is 14.7 Å². The summed E-state index contributed by atoms with van der Waals surface area (Å²) in [4.78, 5) is 28.2. The van der Waals surface area contributed by atoms with Gasteiger partial charge < -0.3 is 10.4 Å². The maximum Gasteiger partial charge on any atom is 0.335 e. The highest BCUT2D eigenvalue weighted by Gasteiger charge is 2.15. The van der Waals surface area contributed by atoms with Crippen LogP contribution in [0.3, 0.4) is 0 Å². The van der Waals surface area contributed by atoms with Gasteiger partial charge in [0.25, 0.3) is 5.91 Å². The van der Waals surface area contributed by atoms with Gasteiger partial charge in [0.2, 0.25) is 0 Å². The van der Waals surface area contributed by atoms with Crippen LogP contribution in [0.15, 0.2) is 61.1 Å². The van der Waals surface area contributed by atoms with E-state index in [1.807, 2.05) is 31.2 Å². The van der Waals surface area contributed by atoms with Gasteiger partial charge in [0.15, 0.2) is 0 Å². The molecule has 0 spiro atoms. The molecule has 0 saturated heterocycles. The zero-order chi connectivity index (χ0) is 21.3. The summed E-state index contributed by atoms with van der Waals surface area (Å²) in [6.45, 7) is 2.15. The summed E-state index contributed by atoms with van der Waals surface area (Å²) in [7, 11) is 1.72. The number of benzene rings is 2. The average Bonchev–Trinajstić information content (AvgIpc) is 3.18. The number of amides is 1. The van der Waals surface area contributed by atoms with Crippen molar-refractivity contribution in [3.05, 3.63) is 83.4 Å². The fraction of sp³-hybridized carbons (Fsp3) is 0.130. The lowest BCUT2D eigenvalue weighted by atomic mass is 9.91. The lowest BCUT2D eigenvalue weighted by Gasteiger charge is -2.14. The van der Waals surface area contributed by atoms with Crippen LogP contribution in [0.5, 0.6) is 0 Å². The number of aromatic carboxylic acids is 1. The Morgan fingerprint density at radius 1 is 1.03 bits per heavy atom. The second-order valence-electron chi connectivity index (χ2n) is 7.00. The molecule has 150 valence electrons. The Hall–Kier alpha value is -4.00. The van der Waals surface area contributed by atoms with E-state index in [0.29, 0.717) is 17.8 Å². The van der Waals surface area contributed by atoms with Crippen molar-refractivity contribution in [1.82, 2.24) is 20.1 Å². The summed E-state index contributed by atoms with van der Waals surface area (Å²) in [5.74, 6) is -1.16. The van der Waals surface area contributed by atoms with Crippen molar-refractivity contribution in [3.63, 3.8) is 0 Å². The van der Waals surface area contributed by atoms with Gasteiger partial charge in [-0.2, -0.15) is 5.10 Å². The van der Waals surface area contributed by atoms with Gasteiger partial charge in [-0.3, -0.25) is 14.5 Å². The number of hydrogen-bond acceptors (Lipinski definition) is 4. The van der Waals surface area contributed by atoms with E-state index < -0.39 is 5.97 Å². The predicted molar refractivity (Wildman–Crippen MR) is 113 cm³/mol. The Morgan fingerprint density at radius 3 is 2.60 bits per heavy atom. The van der Waals surface area contributed by atoms with Crippen LogP contribution in [0.2, 0.25) is 0 Å². The van der Waals surface area contributed by atoms with Gasteiger partial charge in [-0.05, 0) is 52.8 Å². The first-order chi connectivity index (χ1) is 14.5. The number of carboxylic acids is 1. The minimum Gasteiger partial charge on any atom is -0.478 e. The molecule has 0 aliphatic heterocycles. The molecular formula is C23H20N4O3. The molecule has 1 amide bonds. The summed E-state index contributed by atoms with van der Waals surface area (Å²) in [6, 6.07) is 12.7. The fourth-order valence-electron chi connectivity index (χ4n) is 3.66. The van der Waals surface area contributed by atoms with Gasteiger partial charge in [0, 0.05) is 37.6 Å². The van der Waals surface area contributed by atoms with Gasteiger partial charge in [0.1, 0.15) is 5.69 Å². The van der Waals surface area contributed by atoms with Crippen molar-refractivity contribution >= 4 is 22.6 Å². The first-order valence-electron chi connectivity index (χ1n) is 9.42. The molecule has 0 radical (unpaired) electrons. The Morgan fingerprint density at radius 2 is 1.87 bits per heavy atom. The molecule has 4 aromatic rings. The number of nitrogens with zero attached hydrogens (tertiary/aromatic N) is 3. The summed E-state index contributed by atoms with van der Waals surface area (Å²) in [6.07, 6.45) is 5.05. The van der Waals surface area contributed by atoms with Crippen molar-refractivity contribution in [2.24, 2.45) is 7.05 Å². The lowest BCUT2D eigenvalue weighted by Crippen LogP contribution is -2.25. The number of carboxylic acid groups (broad SMARTS) is 1. The Bertz CT molecular complexity index is 1280. The minimum absolute atomic E-state index is 0.207. The monoisotopic (exact) mass is 400 g/mol. The molecule has 0 fully saturated rings. The van der Waals surface area contributed by atoms with Crippen LogP contribution >= 0.6 is 0 Å².